The first-order chi connectivity index (χ1) is 12.7. The second-order valence-corrected chi connectivity index (χ2v) is 7.71. The fourth-order valence-corrected chi connectivity index (χ4v) is 4.21. The molecule has 3 aromatic rings. The Morgan fingerprint density at radius 2 is 1.96 bits per heavy atom. The van der Waals surface area contributed by atoms with Gasteiger partial charge in [-0.3, -0.25) is 0 Å². The average molecular weight is 396 g/mol. The summed E-state index contributed by atoms with van der Waals surface area (Å²) < 4.78 is 60.1. The van der Waals surface area contributed by atoms with Crippen LogP contribution < -0.4 is 4.72 Å². The largest absolute Gasteiger partial charge is 0.361 e. The second-order valence-electron chi connectivity index (χ2n) is 6.01. The molecule has 0 amide bonds. The molecule has 0 aliphatic carbocycles. The highest BCUT2D eigenvalue weighted by atomic mass is 32.2. The Morgan fingerprint density at radius 3 is 2.59 bits per heavy atom. The van der Waals surface area contributed by atoms with Crippen molar-refractivity contribution >= 4 is 10.0 Å². The van der Waals surface area contributed by atoms with Gasteiger partial charge in [-0.1, -0.05) is 18.1 Å². The van der Waals surface area contributed by atoms with Gasteiger partial charge in [-0.05, 0) is 19.9 Å². The Balaban J connectivity index is 1.97. The van der Waals surface area contributed by atoms with Crippen LogP contribution in [0.2, 0.25) is 0 Å². The molecule has 0 aliphatic rings. The normalized spacial score (nSPS) is 11.9. The number of benzene rings is 1. The van der Waals surface area contributed by atoms with Crippen molar-refractivity contribution in [2.24, 2.45) is 0 Å². The lowest BCUT2D eigenvalue weighted by Crippen LogP contribution is -2.24. The zero-order valence-corrected chi connectivity index (χ0v) is 15.7. The number of sulfonamides is 1. The number of aromatic amines is 1. The lowest BCUT2D eigenvalue weighted by atomic mass is 10.2. The van der Waals surface area contributed by atoms with Crippen LogP contribution in [0.15, 0.2) is 27.6 Å². The molecule has 0 atom stereocenters. The molecular weight excluding hydrogens is 378 g/mol. The predicted molar refractivity (Wildman–Crippen MR) is 93.3 cm³/mol. The smallest absolute Gasteiger partial charge is 0.261 e. The fourth-order valence-electron chi connectivity index (χ4n) is 2.76. The van der Waals surface area contributed by atoms with Gasteiger partial charge in [0.15, 0.2) is 5.82 Å². The van der Waals surface area contributed by atoms with Crippen LogP contribution in [0, 0.1) is 25.5 Å². The number of hydrogen-bond acceptors (Lipinski definition) is 5. The van der Waals surface area contributed by atoms with Crippen LogP contribution in [0.25, 0.3) is 11.5 Å². The van der Waals surface area contributed by atoms with E-state index in [1.165, 1.54) is 6.07 Å². The van der Waals surface area contributed by atoms with Crippen LogP contribution in [-0.2, 0) is 23.0 Å². The molecule has 7 nitrogen and oxygen atoms in total. The zero-order valence-electron chi connectivity index (χ0n) is 14.9. The number of halogens is 2. The van der Waals surface area contributed by atoms with Crippen LogP contribution in [0.3, 0.4) is 0 Å². The maximum absolute atomic E-state index is 13.8. The Hall–Kier alpha value is -2.59. The summed E-state index contributed by atoms with van der Waals surface area (Å²) in [7, 11) is -4.04. The molecule has 1 aromatic carbocycles. The summed E-state index contributed by atoms with van der Waals surface area (Å²) in [6, 6.07) is 2.95. The molecule has 0 saturated carbocycles. The van der Waals surface area contributed by atoms with Crippen LogP contribution in [0.4, 0.5) is 8.78 Å². The molecule has 144 valence electrons. The third kappa shape index (κ3) is 3.76. The Bertz CT molecular complexity index is 1090. The minimum Gasteiger partial charge on any atom is -0.361 e. The predicted octanol–water partition coefficient (Wildman–Crippen LogP) is 3.00. The highest BCUT2D eigenvalue weighted by Gasteiger charge is 2.29. The van der Waals surface area contributed by atoms with Gasteiger partial charge >= 0.3 is 0 Å². The van der Waals surface area contributed by atoms with E-state index in [0.29, 0.717) is 29.7 Å². The van der Waals surface area contributed by atoms with E-state index in [2.05, 4.69) is 19.8 Å². The van der Waals surface area contributed by atoms with E-state index >= 15 is 0 Å². The van der Waals surface area contributed by atoms with E-state index in [4.69, 9.17) is 4.52 Å². The van der Waals surface area contributed by atoms with Gasteiger partial charge in [0.05, 0.1) is 5.56 Å². The van der Waals surface area contributed by atoms with Crippen molar-refractivity contribution < 1.29 is 21.7 Å². The van der Waals surface area contributed by atoms with Crippen molar-refractivity contribution in [3.8, 4) is 11.5 Å². The third-order valence-electron chi connectivity index (χ3n) is 4.05. The Morgan fingerprint density at radius 1 is 1.22 bits per heavy atom. The average Bonchev–Trinajstić information content (AvgIpc) is 3.17. The summed E-state index contributed by atoms with van der Waals surface area (Å²) in [4.78, 5) is 7.10. The molecule has 0 fully saturated rings. The van der Waals surface area contributed by atoms with Crippen LogP contribution in [0.5, 0.6) is 0 Å². The first-order valence-electron chi connectivity index (χ1n) is 8.18. The van der Waals surface area contributed by atoms with E-state index < -0.39 is 21.7 Å². The first kappa shape index (κ1) is 19.2. The van der Waals surface area contributed by atoms with Crippen LogP contribution in [-0.4, -0.2) is 23.5 Å². The maximum atomic E-state index is 13.8. The van der Waals surface area contributed by atoms with Crippen molar-refractivity contribution in [3.63, 3.8) is 0 Å². The summed E-state index contributed by atoms with van der Waals surface area (Å²) in [5.74, 6) is -1.03. The SMILES string of the molecule is CCc1noc(-c2c(C)[nH]c(C)c2S(=O)(=O)NCc2ccc(F)cc2F)n1. The molecule has 0 saturated heterocycles. The minimum absolute atomic E-state index is 0.0255. The highest BCUT2D eigenvalue weighted by Crippen LogP contribution is 2.32. The fraction of sp³-hybridized carbons (Fsp3) is 0.294. The van der Waals surface area contributed by atoms with Crippen molar-refractivity contribution in [1.82, 2.24) is 19.8 Å². The number of rotatable bonds is 6. The number of H-pyrrole nitrogens is 1. The third-order valence-corrected chi connectivity index (χ3v) is 5.62. The van der Waals surface area contributed by atoms with Crippen LogP contribution >= 0.6 is 0 Å². The molecule has 0 radical (unpaired) electrons. The number of nitrogens with zero attached hydrogens (tertiary/aromatic N) is 2. The van der Waals surface area contributed by atoms with Gasteiger partial charge in [0.1, 0.15) is 16.5 Å². The molecule has 3 rings (SSSR count). The summed E-state index contributed by atoms with van der Waals surface area (Å²) in [5.41, 5.74) is 1.22. The number of aromatic nitrogens is 3. The molecular formula is C17H18F2N4O3S. The van der Waals surface area contributed by atoms with E-state index in [-0.39, 0.29) is 28.5 Å². The lowest BCUT2D eigenvalue weighted by Gasteiger charge is -2.09. The van der Waals surface area contributed by atoms with E-state index in [1.807, 2.05) is 6.92 Å². The number of hydrogen-bond donors (Lipinski definition) is 2. The molecule has 27 heavy (non-hydrogen) atoms. The summed E-state index contributed by atoms with van der Waals surface area (Å²) in [6.45, 7) is 4.80. The first-order valence-corrected chi connectivity index (χ1v) is 9.67. The van der Waals surface area contributed by atoms with Crippen molar-refractivity contribution in [1.29, 1.82) is 0 Å². The molecule has 2 heterocycles. The Labute approximate surface area is 154 Å². The maximum Gasteiger partial charge on any atom is 0.261 e. The van der Waals surface area contributed by atoms with Gasteiger partial charge < -0.3 is 9.51 Å². The zero-order chi connectivity index (χ0) is 19.8. The van der Waals surface area contributed by atoms with Gasteiger partial charge in [-0.15, -0.1) is 0 Å². The van der Waals surface area contributed by atoms with Gasteiger partial charge in [0.2, 0.25) is 10.0 Å². The molecule has 2 N–H and O–H groups in total. The number of aryl methyl sites for hydroxylation is 3. The topological polar surface area (TPSA) is 101 Å². The van der Waals surface area contributed by atoms with Gasteiger partial charge in [0, 0.05) is 36.0 Å². The van der Waals surface area contributed by atoms with Gasteiger partial charge in [-0.25, -0.2) is 21.9 Å². The minimum atomic E-state index is -4.04. The summed E-state index contributed by atoms with van der Waals surface area (Å²) in [5, 5.41) is 3.80. The van der Waals surface area contributed by atoms with Gasteiger partial charge in [0.25, 0.3) is 5.89 Å². The van der Waals surface area contributed by atoms with Crippen LogP contribution in [0.1, 0.15) is 29.7 Å². The molecule has 0 spiro atoms. The molecule has 10 heteroatoms. The van der Waals surface area contributed by atoms with E-state index in [1.54, 1.807) is 13.8 Å². The van der Waals surface area contributed by atoms with Gasteiger partial charge in [-0.2, -0.15) is 4.98 Å². The van der Waals surface area contributed by atoms with E-state index in [0.717, 1.165) is 6.07 Å². The summed E-state index contributed by atoms with van der Waals surface area (Å²) >= 11 is 0. The molecule has 0 bridgehead atoms. The van der Waals surface area contributed by atoms with Crippen molar-refractivity contribution in [2.45, 2.75) is 38.6 Å². The van der Waals surface area contributed by atoms with Crippen molar-refractivity contribution in [3.05, 3.63) is 52.6 Å². The van der Waals surface area contributed by atoms with E-state index in [9.17, 15) is 17.2 Å². The molecule has 2 aromatic heterocycles. The quantitative estimate of drug-likeness (QED) is 0.667. The molecule has 0 unspecified atom stereocenters. The molecule has 0 aliphatic heterocycles. The highest BCUT2D eigenvalue weighted by molar-refractivity contribution is 7.89. The Kier molecular flexibility index (Phi) is 5.11. The lowest BCUT2D eigenvalue weighted by molar-refractivity contribution is 0.422. The number of nitrogens with one attached hydrogen (secondary N) is 2. The monoisotopic (exact) mass is 396 g/mol. The summed E-state index contributed by atoms with van der Waals surface area (Å²) in [6.07, 6.45) is 0.538. The van der Waals surface area contributed by atoms with Crippen molar-refractivity contribution in [2.75, 3.05) is 0 Å². The second kappa shape index (κ2) is 7.20. The standard InChI is InChI=1S/C17H18F2N4O3S/c1-4-14-22-17(26-23-14)15-9(2)21-10(3)16(15)27(24,25)20-8-11-5-6-12(18)7-13(11)19/h5-7,20-21H,4,8H2,1-3H3.